The number of carbonyl (C=O) groups is 1. The summed E-state index contributed by atoms with van der Waals surface area (Å²) in [7, 11) is 0. The number of carbonyl (C=O) groups excluding carboxylic acids is 1. The quantitative estimate of drug-likeness (QED) is 0.745. The number of alkyl halides is 3. The first-order valence-corrected chi connectivity index (χ1v) is 4.41. The molecule has 0 unspecified atom stereocenters. The van der Waals surface area contributed by atoms with E-state index < -0.39 is 6.36 Å². The van der Waals surface area contributed by atoms with Crippen molar-refractivity contribution >= 4 is 11.9 Å². The van der Waals surface area contributed by atoms with Crippen LogP contribution in [0.5, 0.6) is 5.75 Å². The van der Waals surface area contributed by atoms with Crippen LogP contribution in [0.3, 0.4) is 0 Å². The molecule has 0 amide bonds. The second-order valence-electron chi connectivity index (χ2n) is 3.06. The van der Waals surface area contributed by atoms with Gasteiger partial charge in [0.05, 0.1) is 0 Å². The van der Waals surface area contributed by atoms with Crippen LogP contribution in [-0.2, 0) is 4.79 Å². The van der Waals surface area contributed by atoms with Crippen molar-refractivity contribution in [2.24, 2.45) is 0 Å². The number of ketones is 1. The highest BCUT2D eigenvalue weighted by atomic mass is 19.4. The molecule has 0 radical (unpaired) electrons. The minimum absolute atomic E-state index is 0.179. The number of benzene rings is 1. The fraction of sp³-hybridized carbons (Fsp3) is 0.182. The van der Waals surface area contributed by atoms with Gasteiger partial charge in [-0.2, -0.15) is 0 Å². The van der Waals surface area contributed by atoms with Gasteiger partial charge in [-0.1, -0.05) is 18.2 Å². The van der Waals surface area contributed by atoms with Crippen LogP contribution in [0.4, 0.5) is 13.2 Å². The fourth-order valence-corrected chi connectivity index (χ4v) is 1.03. The molecule has 0 atom stereocenters. The van der Waals surface area contributed by atoms with Crippen molar-refractivity contribution in [3.63, 3.8) is 0 Å². The Bertz CT molecular complexity index is 408. The molecular weight excluding hydrogens is 221 g/mol. The molecule has 0 spiro atoms. The highest BCUT2D eigenvalue weighted by molar-refractivity contribution is 5.91. The van der Waals surface area contributed by atoms with E-state index in [-0.39, 0.29) is 11.5 Å². The number of hydrogen-bond donors (Lipinski definition) is 0. The molecule has 0 fully saturated rings. The van der Waals surface area contributed by atoms with Crippen LogP contribution in [0.2, 0.25) is 0 Å². The van der Waals surface area contributed by atoms with Gasteiger partial charge in [0, 0.05) is 0 Å². The van der Waals surface area contributed by atoms with Crippen LogP contribution in [0.15, 0.2) is 30.3 Å². The van der Waals surface area contributed by atoms with Crippen LogP contribution in [0.1, 0.15) is 12.5 Å². The standard InChI is InChI=1S/C11H9F3O2/c1-8(15)5-6-9-3-2-4-10(7-9)16-11(12,13)14/h2-7H,1H3/b6-5+. The first-order valence-electron chi connectivity index (χ1n) is 4.41. The van der Waals surface area contributed by atoms with E-state index in [1.54, 1.807) is 6.07 Å². The lowest BCUT2D eigenvalue weighted by atomic mass is 10.2. The molecule has 0 saturated carbocycles. The smallest absolute Gasteiger partial charge is 0.406 e. The zero-order valence-corrected chi connectivity index (χ0v) is 8.41. The molecular formula is C11H9F3O2. The zero-order chi connectivity index (χ0) is 12.2. The monoisotopic (exact) mass is 230 g/mol. The SMILES string of the molecule is CC(=O)/C=C/c1cccc(OC(F)(F)F)c1. The molecule has 0 heterocycles. The third-order valence-corrected chi connectivity index (χ3v) is 1.60. The second-order valence-corrected chi connectivity index (χ2v) is 3.06. The number of allylic oxidation sites excluding steroid dienone is 1. The van der Waals surface area contributed by atoms with Crippen LogP contribution >= 0.6 is 0 Å². The molecule has 0 aliphatic heterocycles. The molecule has 16 heavy (non-hydrogen) atoms. The summed E-state index contributed by atoms with van der Waals surface area (Å²) in [6.45, 7) is 1.35. The van der Waals surface area contributed by atoms with E-state index in [4.69, 9.17) is 0 Å². The first-order chi connectivity index (χ1) is 7.37. The number of hydrogen-bond acceptors (Lipinski definition) is 2. The summed E-state index contributed by atoms with van der Waals surface area (Å²) in [4.78, 5) is 10.6. The first kappa shape index (κ1) is 12.3. The molecule has 5 heteroatoms. The van der Waals surface area contributed by atoms with Crippen molar-refractivity contribution in [1.29, 1.82) is 0 Å². The summed E-state index contributed by atoms with van der Waals surface area (Å²) in [5, 5.41) is 0. The Morgan fingerprint density at radius 1 is 1.38 bits per heavy atom. The zero-order valence-electron chi connectivity index (χ0n) is 8.41. The van der Waals surface area contributed by atoms with Gasteiger partial charge in [0.2, 0.25) is 0 Å². The lowest BCUT2D eigenvalue weighted by Gasteiger charge is -2.08. The lowest BCUT2D eigenvalue weighted by molar-refractivity contribution is -0.274. The maximum Gasteiger partial charge on any atom is 0.573 e. The minimum Gasteiger partial charge on any atom is -0.406 e. The number of ether oxygens (including phenoxy) is 1. The Morgan fingerprint density at radius 3 is 2.62 bits per heavy atom. The predicted octanol–water partition coefficient (Wildman–Crippen LogP) is 3.19. The van der Waals surface area contributed by atoms with Gasteiger partial charge in [-0.15, -0.1) is 13.2 Å². The molecule has 1 aromatic rings. The summed E-state index contributed by atoms with van der Waals surface area (Å²) >= 11 is 0. The van der Waals surface area contributed by atoms with Crippen LogP contribution in [0.25, 0.3) is 6.08 Å². The van der Waals surface area contributed by atoms with E-state index in [0.29, 0.717) is 5.56 Å². The van der Waals surface area contributed by atoms with E-state index in [1.165, 1.54) is 37.3 Å². The Hall–Kier alpha value is -1.78. The van der Waals surface area contributed by atoms with Gasteiger partial charge in [0.25, 0.3) is 0 Å². The van der Waals surface area contributed by atoms with Crippen LogP contribution < -0.4 is 4.74 Å². The maximum atomic E-state index is 11.9. The van der Waals surface area contributed by atoms with Gasteiger partial charge in [-0.05, 0) is 30.7 Å². The predicted molar refractivity (Wildman–Crippen MR) is 52.8 cm³/mol. The van der Waals surface area contributed by atoms with E-state index >= 15 is 0 Å². The normalized spacial score (nSPS) is 11.8. The molecule has 0 aromatic heterocycles. The summed E-state index contributed by atoms with van der Waals surface area (Å²) in [5.41, 5.74) is 0.469. The van der Waals surface area contributed by atoms with Gasteiger partial charge < -0.3 is 4.74 Å². The van der Waals surface area contributed by atoms with E-state index in [9.17, 15) is 18.0 Å². The molecule has 0 N–H and O–H groups in total. The van der Waals surface area contributed by atoms with E-state index in [0.717, 1.165) is 0 Å². The van der Waals surface area contributed by atoms with Crippen molar-refractivity contribution < 1.29 is 22.7 Å². The van der Waals surface area contributed by atoms with E-state index in [1.807, 2.05) is 0 Å². The van der Waals surface area contributed by atoms with Crippen molar-refractivity contribution in [2.75, 3.05) is 0 Å². The van der Waals surface area contributed by atoms with Crippen LogP contribution in [-0.4, -0.2) is 12.1 Å². The third-order valence-electron chi connectivity index (χ3n) is 1.60. The Balaban J connectivity index is 2.83. The number of halogens is 3. The van der Waals surface area contributed by atoms with Gasteiger partial charge >= 0.3 is 6.36 Å². The largest absolute Gasteiger partial charge is 0.573 e. The summed E-state index contributed by atoms with van der Waals surface area (Å²) in [6, 6.07) is 5.38. The van der Waals surface area contributed by atoms with Crippen molar-refractivity contribution in [3.8, 4) is 5.75 Å². The van der Waals surface area contributed by atoms with Crippen molar-refractivity contribution in [3.05, 3.63) is 35.9 Å². The Labute approximate surface area is 90.3 Å². The average molecular weight is 230 g/mol. The summed E-state index contributed by atoms with van der Waals surface area (Å²) < 4.78 is 39.4. The molecule has 0 aliphatic carbocycles. The molecule has 0 bridgehead atoms. The van der Waals surface area contributed by atoms with Gasteiger partial charge in [0.1, 0.15) is 5.75 Å². The third kappa shape index (κ3) is 4.63. The highest BCUT2D eigenvalue weighted by Gasteiger charge is 2.30. The molecule has 1 aromatic carbocycles. The lowest BCUT2D eigenvalue weighted by Crippen LogP contribution is -2.17. The fourth-order valence-electron chi connectivity index (χ4n) is 1.03. The number of rotatable bonds is 3. The summed E-state index contributed by atoms with van der Waals surface area (Å²) in [5.74, 6) is -0.486. The average Bonchev–Trinajstić information content (AvgIpc) is 2.12. The summed E-state index contributed by atoms with van der Waals surface area (Å²) in [6.07, 6.45) is -2.01. The maximum absolute atomic E-state index is 11.9. The molecule has 0 saturated heterocycles. The molecule has 2 nitrogen and oxygen atoms in total. The Morgan fingerprint density at radius 2 is 2.06 bits per heavy atom. The molecule has 1 rings (SSSR count). The van der Waals surface area contributed by atoms with Crippen molar-refractivity contribution in [2.45, 2.75) is 13.3 Å². The van der Waals surface area contributed by atoms with E-state index in [2.05, 4.69) is 4.74 Å². The highest BCUT2D eigenvalue weighted by Crippen LogP contribution is 2.23. The second kappa shape index (κ2) is 4.83. The minimum atomic E-state index is -4.71. The van der Waals surface area contributed by atoms with Gasteiger partial charge in [-0.3, -0.25) is 4.79 Å². The van der Waals surface area contributed by atoms with Crippen molar-refractivity contribution in [1.82, 2.24) is 0 Å². The van der Waals surface area contributed by atoms with Gasteiger partial charge in [-0.25, -0.2) is 0 Å². The Kier molecular flexibility index (Phi) is 3.71. The van der Waals surface area contributed by atoms with Gasteiger partial charge in [0.15, 0.2) is 5.78 Å². The molecule has 86 valence electrons. The molecule has 0 aliphatic rings. The van der Waals surface area contributed by atoms with Crippen LogP contribution in [0, 0.1) is 0 Å². The topological polar surface area (TPSA) is 26.3 Å².